The lowest BCUT2D eigenvalue weighted by Crippen LogP contribution is -2.40. The zero-order valence-electron chi connectivity index (χ0n) is 13.9. The number of carbonyl (C=O) groups excluding carboxylic acids is 1. The molecule has 0 aliphatic carbocycles. The molecule has 0 spiro atoms. The number of likely N-dealkylation sites (tertiary alicyclic amines) is 1. The van der Waals surface area contributed by atoms with Crippen LogP contribution in [-0.2, 0) is 9.59 Å². The molecule has 1 fully saturated rings. The molecule has 1 saturated heterocycles. The van der Waals surface area contributed by atoms with Gasteiger partial charge in [0, 0.05) is 25.9 Å². The van der Waals surface area contributed by atoms with Gasteiger partial charge in [0.05, 0.1) is 0 Å². The average molecular weight is 317 g/mol. The van der Waals surface area contributed by atoms with Crippen molar-refractivity contribution >= 4 is 11.9 Å². The Balaban J connectivity index is 1.77. The smallest absolute Gasteiger partial charge is 0.303 e. The van der Waals surface area contributed by atoms with Gasteiger partial charge in [-0.05, 0) is 43.1 Å². The van der Waals surface area contributed by atoms with Crippen molar-refractivity contribution in [2.24, 2.45) is 5.92 Å². The Morgan fingerprint density at radius 3 is 2.70 bits per heavy atom. The Morgan fingerprint density at radius 2 is 2.00 bits per heavy atom. The lowest BCUT2D eigenvalue weighted by Gasteiger charge is -2.33. The molecule has 2 rings (SSSR count). The summed E-state index contributed by atoms with van der Waals surface area (Å²) in [4.78, 5) is 25.1. The fourth-order valence-corrected chi connectivity index (χ4v) is 3.30. The molecule has 1 aromatic rings. The highest BCUT2D eigenvalue weighted by Gasteiger charge is 2.24. The number of piperidine rings is 1. The summed E-state index contributed by atoms with van der Waals surface area (Å²) in [5, 5.41) is 8.79. The predicted molar refractivity (Wildman–Crippen MR) is 90.3 cm³/mol. The number of aliphatic carboxylic acids is 1. The van der Waals surface area contributed by atoms with Crippen LogP contribution >= 0.6 is 0 Å². The van der Waals surface area contributed by atoms with Crippen LogP contribution in [0.3, 0.4) is 0 Å². The van der Waals surface area contributed by atoms with E-state index < -0.39 is 5.97 Å². The van der Waals surface area contributed by atoms with E-state index >= 15 is 0 Å². The maximum absolute atomic E-state index is 12.4. The summed E-state index contributed by atoms with van der Waals surface area (Å²) in [5.74, 6) is 0.195. The first-order valence-electron chi connectivity index (χ1n) is 8.60. The minimum absolute atomic E-state index is 0.206. The summed E-state index contributed by atoms with van der Waals surface area (Å²) in [6.07, 6.45) is 4.35. The number of carboxylic acid groups (broad SMARTS) is 1. The van der Waals surface area contributed by atoms with Crippen LogP contribution in [0.15, 0.2) is 30.3 Å². The Hall–Kier alpha value is -1.84. The Labute approximate surface area is 138 Å². The van der Waals surface area contributed by atoms with Crippen molar-refractivity contribution in [3.8, 4) is 0 Å². The number of benzene rings is 1. The van der Waals surface area contributed by atoms with E-state index in [1.54, 1.807) is 0 Å². The van der Waals surface area contributed by atoms with Crippen LogP contribution in [0, 0.1) is 5.92 Å². The molecule has 1 aliphatic rings. The molecule has 1 amide bonds. The van der Waals surface area contributed by atoms with Gasteiger partial charge in [0.25, 0.3) is 0 Å². The van der Waals surface area contributed by atoms with Crippen LogP contribution in [0.4, 0.5) is 0 Å². The van der Waals surface area contributed by atoms with Gasteiger partial charge in [0.2, 0.25) is 5.91 Å². The van der Waals surface area contributed by atoms with E-state index in [9.17, 15) is 9.59 Å². The minimum Gasteiger partial charge on any atom is -0.481 e. The van der Waals surface area contributed by atoms with E-state index in [4.69, 9.17) is 5.11 Å². The van der Waals surface area contributed by atoms with Gasteiger partial charge in [-0.1, -0.05) is 37.3 Å². The highest BCUT2D eigenvalue weighted by Crippen LogP contribution is 2.24. The molecule has 126 valence electrons. The summed E-state index contributed by atoms with van der Waals surface area (Å²) in [6, 6.07) is 10.3. The van der Waals surface area contributed by atoms with Crippen molar-refractivity contribution < 1.29 is 14.7 Å². The number of hydrogen-bond donors (Lipinski definition) is 1. The molecule has 4 heteroatoms. The lowest BCUT2D eigenvalue weighted by atomic mass is 9.92. The molecule has 2 unspecified atom stereocenters. The Morgan fingerprint density at radius 1 is 1.26 bits per heavy atom. The Kier molecular flexibility index (Phi) is 6.63. The molecule has 1 aromatic carbocycles. The highest BCUT2D eigenvalue weighted by molar-refractivity contribution is 5.76. The van der Waals surface area contributed by atoms with Crippen molar-refractivity contribution in [2.75, 3.05) is 13.1 Å². The topological polar surface area (TPSA) is 57.6 Å². The van der Waals surface area contributed by atoms with Crippen molar-refractivity contribution in [1.82, 2.24) is 4.90 Å². The van der Waals surface area contributed by atoms with Crippen LogP contribution in [0.25, 0.3) is 0 Å². The third-order valence-electron chi connectivity index (χ3n) is 4.80. The van der Waals surface area contributed by atoms with Crippen LogP contribution in [0.5, 0.6) is 0 Å². The Bertz CT molecular complexity index is 515. The fourth-order valence-electron chi connectivity index (χ4n) is 3.30. The van der Waals surface area contributed by atoms with E-state index in [-0.39, 0.29) is 12.3 Å². The number of carbonyl (C=O) groups is 2. The summed E-state index contributed by atoms with van der Waals surface area (Å²) in [5.41, 5.74) is 1.28. The lowest BCUT2D eigenvalue weighted by molar-refractivity contribution is -0.137. The molecule has 1 N–H and O–H groups in total. The van der Waals surface area contributed by atoms with Crippen molar-refractivity contribution in [2.45, 2.75) is 51.4 Å². The maximum Gasteiger partial charge on any atom is 0.303 e. The van der Waals surface area contributed by atoms with Gasteiger partial charge in [-0.3, -0.25) is 9.59 Å². The number of hydrogen-bond acceptors (Lipinski definition) is 2. The summed E-state index contributed by atoms with van der Waals surface area (Å²) >= 11 is 0. The van der Waals surface area contributed by atoms with Gasteiger partial charge < -0.3 is 10.0 Å². The second-order valence-electron chi connectivity index (χ2n) is 6.63. The van der Waals surface area contributed by atoms with Gasteiger partial charge in [-0.15, -0.1) is 0 Å². The van der Waals surface area contributed by atoms with Crippen LogP contribution in [0.2, 0.25) is 0 Å². The first-order chi connectivity index (χ1) is 11.1. The van der Waals surface area contributed by atoms with Crippen LogP contribution in [-0.4, -0.2) is 35.0 Å². The molecule has 1 aliphatic heterocycles. The monoisotopic (exact) mass is 317 g/mol. The largest absolute Gasteiger partial charge is 0.481 e. The maximum atomic E-state index is 12.4. The van der Waals surface area contributed by atoms with Gasteiger partial charge in [-0.25, -0.2) is 0 Å². The molecular formula is C19H27NO3. The number of amides is 1. The molecular weight excluding hydrogens is 290 g/mol. The van der Waals surface area contributed by atoms with E-state index in [0.29, 0.717) is 24.7 Å². The fraction of sp³-hybridized carbons (Fsp3) is 0.579. The van der Waals surface area contributed by atoms with E-state index in [2.05, 4.69) is 19.1 Å². The summed E-state index contributed by atoms with van der Waals surface area (Å²) in [7, 11) is 0. The molecule has 0 saturated carbocycles. The molecule has 0 aromatic heterocycles. The first kappa shape index (κ1) is 17.5. The van der Waals surface area contributed by atoms with E-state index in [1.165, 1.54) is 5.56 Å². The van der Waals surface area contributed by atoms with Crippen LogP contribution < -0.4 is 0 Å². The third kappa shape index (κ3) is 5.70. The van der Waals surface area contributed by atoms with Gasteiger partial charge in [0.15, 0.2) is 0 Å². The highest BCUT2D eigenvalue weighted by atomic mass is 16.4. The minimum atomic E-state index is -0.745. The average Bonchev–Trinajstić information content (AvgIpc) is 2.58. The zero-order valence-corrected chi connectivity index (χ0v) is 13.9. The molecule has 0 bridgehead atoms. The van der Waals surface area contributed by atoms with Crippen molar-refractivity contribution in [3.63, 3.8) is 0 Å². The second kappa shape index (κ2) is 8.70. The normalized spacial score (nSPS) is 19.3. The molecule has 0 radical (unpaired) electrons. The SMILES string of the molecule is CC(CCC(=O)N1CCCC(CCC(=O)O)C1)c1ccccc1. The number of nitrogens with zero attached hydrogens (tertiary/aromatic N) is 1. The number of carboxylic acids is 1. The summed E-state index contributed by atoms with van der Waals surface area (Å²) in [6.45, 7) is 3.71. The van der Waals surface area contributed by atoms with Crippen LogP contribution in [0.1, 0.15) is 56.9 Å². The standard InChI is InChI=1S/C19H27NO3/c1-15(17-7-3-2-4-8-17)9-11-18(21)20-13-5-6-16(14-20)10-12-19(22)23/h2-4,7-8,15-16H,5-6,9-14H2,1H3,(H,22,23). The molecule has 1 heterocycles. The third-order valence-corrected chi connectivity index (χ3v) is 4.80. The summed E-state index contributed by atoms with van der Waals surface area (Å²) < 4.78 is 0. The van der Waals surface area contributed by atoms with Gasteiger partial charge in [0.1, 0.15) is 0 Å². The van der Waals surface area contributed by atoms with Crippen molar-refractivity contribution in [3.05, 3.63) is 35.9 Å². The number of rotatable bonds is 7. The van der Waals surface area contributed by atoms with Crippen molar-refractivity contribution in [1.29, 1.82) is 0 Å². The molecule has 23 heavy (non-hydrogen) atoms. The van der Waals surface area contributed by atoms with E-state index in [1.807, 2.05) is 23.1 Å². The van der Waals surface area contributed by atoms with E-state index in [0.717, 1.165) is 32.4 Å². The zero-order chi connectivity index (χ0) is 16.7. The quantitative estimate of drug-likeness (QED) is 0.834. The van der Waals surface area contributed by atoms with Gasteiger partial charge >= 0.3 is 5.97 Å². The van der Waals surface area contributed by atoms with Gasteiger partial charge in [-0.2, -0.15) is 0 Å². The predicted octanol–water partition coefficient (Wildman–Crippen LogP) is 3.67. The molecule has 4 nitrogen and oxygen atoms in total. The first-order valence-corrected chi connectivity index (χ1v) is 8.60. The second-order valence-corrected chi connectivity index (χ2v) is 6.63. The molecule has 2 atom stereocenters.